The van der Waals surface area contributed by atoms with E-state index in [1.807, 2.05) is 37.3 Å². The van der Waals surface area contributed by atoms with Gasteiger partial charge in [0.1, 0.15) is 6.04 Å². The fourth-order valence-corrected chi connectivity index (χ4v) is 2.06. The first-order chi connectivity index (χ1) is 8.16. The van der Waals surface area contributed by atoms with Crippen LogP contribution in [0.1, 0.15) is 37.8 Å². The summed E-state index contributed by atoms with van der Waals surface area (Å²) in [5.74, 6) is 0.739. The third kappa shape index (κ3) is 3.56. The van der Waals surface area contributed by atoms with Gasteiger partial charge in [0, 0.05) is 6.04 Å². The Kier molecular flexibility index (Phi) is 3.79. The lowest BCUT2D eigenvalue weighted by atomic mass is 10.1. The van der Waals surface area contributed by atoms with Crippen LogP contribution in [0.3, 0.4) is 0 Å². The van der Waals surface area contributed by atoms with E-state index < -0.39 is 6.04 Å². The summed E-state index contributed by atoms with van der Waals surface area (Å²) in [6.07, 6.45) is 3.70. The van der Waals surface area contributed by atoms with Gasteiger partial charge in [-0.15, -0.1) is 0 Å². The summed E-state index contributed by atoms with van der Waals surface area (Å²) < 4.78 is 0. The molecule has 0 spiro atoms. The molecule has 1 aromatic carbocycles. The Morgan fingerprint density at radius 2 is 2.06 bits per heavy atom. The van der Waals surface area contributed by atoms with E-state index in [0.717, 1.165) is 17.9 Å². The molecule has 0 saturated heterocycles. The number of carbonyl (C=O) groups is 1. The van der Waals surface area contributed by atoms with E-state index in [0.29, 0.717) is 0 Å². The molecule has 3 nitrogen and oxygen atoms in total. The average Bonchev–Trinajstić information content (AvgIpc) is 3.12. The molecule has 3 N–H and O–H groups in total. The topological polar surface area (TPSA) is 55.1 Å². The highest BCUT2D eigenvalue weighted by Gasteiger charge is 2.25. The van der Waals surface area contributed by atoms with Gasteiger partial charge in [-0.05, 0) is 24.8 Å². The number of nitrogens with two attached hydrogens (primary N) is 1. The average molecular weight is 232 g/mol. The molecule has 1 aliphatic carbocycles. The van der Waals surface area contributed by atoms with Gasteiger partial charge in [0.15, 0.2) is 0 Å². The zero-order valence-electron chi connectivity index (χ0n) is 10.2. The van der Waals surface area contributed by atoms with Crippen LogP contribution in [-0.2, 0) is 4.79 Å². The number of hydrogen-bond donors (Lipinski definition) is 2. The molecule has 0 heterocycles. The molecule has 1 amide bonds. The lowest BCUT2D eigenvalue weighted by molar-refractivity contribution is -0.123. The number of hydrogen-bond acceptors (Lipinski definition) is 2. The molecule has 1 fully saturated rings. The molecule has 0 aromatic heterocycles. The molecule has 1 saturated carbocycles. The minimum absolute atomic E-state index is 0.0793. The van der Waals surface area contributed by atoms with E-state index >= 15 is 0 Å². The Morgan fingerprint density at radius 3 is 2.65 bits per heavy atom. The lowest BCUT2D eigenvalue weighted by Gasteiger charge is -2.17. The molecule has 2 atom stereocenters. The van der Waals surface area contributed by atoms with Crippen molar-refractivity contribution in [1.82, 2.24) is 5.32 Å². The van der Waals surface area contributed by atoms with Gasteiger partial charge in [-0.1, -0.05) is 43.2 Å². The van der Waals surface area contributed by atoms with Crippen molar-refractivity contribution in [2.75, 3.05) is 0 Å². The van der Waals surface area contributed by atoms with Crippen molar-refractivity contribution in [2.45, 2.75) is 38.3 Å². The molecule has 3 heteroatoms. The van der Waals surface area contributed by atoms with E-state index in [1.54, 1.807) is 0 Å². The first-order valence-electron chi connectivity index (χ1n) is 6.27. The summed E-state index contributed by atoms with van der Waals surface area (Å²) >= 11 is 0. The summed E-state index contributed by atoms with van der Waals surface area (Å²) in [6, 6.07) is 9.16. The van der Waals surface area contributed by atoms with Crippen LogP contribution in [0.4, 0.5) is 0 Å². The molecule has 1 aromatic rings. The Bertz CT molecular complexity index is 373. The lowest BCUT2D eigenvalue weighted by Crippen LogP contribution is -2.39. The second kappa shape index (κ2) is 5.32. The quantitative estimate of drug-likeness (QED) is 0.815. The van der Waals surface area contributed by atoms with E-state index in [9.17, 15) is 4.79 Å². The van der Waals surface area contributed by atoms with Gasteiger partial charge < -0.3 is 11.1 Å². The summed E-state index contributed by atoms with van der Waals surface area (Å²) in [5.41, 5.74) is 6.79. The molecule has 0 bridgehead atoms. The van der Waals surface area contributed by atoms with Crippen molar-refractivity contribution in [3.8, 4) is 0 Å². The zero-order chi connectivity index (χ0) is 12.3. The summed E-state index contributed by atoms with van der Waals surface area (Å²) in [6.45, 7) is 2.05. The second-order valence-electron chi connectivity index (χ2n) is 4.98. The van der Waals surface area contributed by atoms with E-state index in [4.69, 9.17) is 5.73 Å². The molecule has 2 rings (SSSR count). The highest BCUT2D eigenvalue weighted by atomic mass is 16.2. The van der Waals surface area contributed by atoms with Crippen LogP contribution in [-0.4, -0.2) is 11.9 Å². The Hall–Kier alpha value is -1.35. The SMILES string of the molecule is CC(CC1CC1)NC(=O)[C@H](N)c1ccccc1. The number of amides is 1. The molecule has 0 aliphatic heterocycles. The number of benzene rings is 1. The largest absolute Gasteiger partial charge is 0.352 e. The van der Waals surface area contributed by atoms with E-state index in [2.05, 4.69) is 5.32 Å². The maximum atomic E-state index is 11.9. The van der Waals surface area contributed by atoms with E-state index in [-0.39, 0.29) is 11.9 Å². The van der Waals surface area contributed by atoms with Gasteiger partial charge in [0.05, 0.1) is 0 Å². The smallest absolute Gasteiger partial charge is 0.241 e. The predicted octanol–water partition coefficient (Wildman–Crippen LogP) is 1.99. The maximum Gasteiger partial charge on any atom is 0.241 e. The molecular formula is C14H20N2O. The van der Waals surface area contributed by atoms with Crippen LogP contribution >= 0.6 is 0 Å². The third-order valence-corrected chi connectivity index (χ3v) is 3.21. The van der Waals surface area contributed by atoms with Crippen LogP contribution in [0.15, 0.2) is 30.3 Å². The fraction of sp³-hybridized carbons (Fsp3) is 0.500. The van der Waals surface area contributed by atoms with Crippen molar-refractivity contribution in [1.29, 1.82) is 0 Å². The monoisotopic (exact) mass is 232 g/mol. The Morgan fingerprint density at radius 1 is 1.41 bits per heavy atom. The molecule has 0 radical (unpaired) electrons. The van der Waals surface area contributed by atoms with Crippen molar-refractivity contribution >= 4 is 5.91 Å². The summed E-state index contributed by atoms with van der Waals surface area (Å²) in [5, 5.41) is 2.99. The summed E-state index contributed by atoms with van der Waals surface area (Å²) in [4.78, 5) is 11.9. The van der Waals surface area contributed by atoms with Crippen molar-refractivity contribution < 1.29 is 4.79 Å². The van der Waals surface area contributed by atoms with Crippen LogP contribution in [0.5, 0.6) is 0 Å². The van der Waals surface area contributed by atoms with Gasteiger partial charge in [0.25, 0.3) is 0 Å². The molecule has 1 unspecified atom stereocenters. The number of nitrogens with one attached hydrogen (secondary N) is 1. The van der Waals surface area contributed by atoms with Gasteiger partial charge in [0.2, 0.25) is 5.91 Å². The van der Waals surface area contributed by atoms with Crippen LogP contribution in [0, 0.1) is 5.92 Å². The highest BCUT2D eigenvalue weighted by molar-refractivity contribution is 5.83. The van der Waals surface area contributed by atoms with Gasteiger partial charge in [-0.2, -0.15) is 0 Å². The van der Waals surface area contributed by atoms with Crippen LogP contribution in [0.2, 0.25) is 0 Å². The normalized spacial score (nSPS) is 18.5. The van der Waals surface area contributed by atoms with Crippen LogP contribution < -0.4 is 11.1 Å². The number of carbonyl (C=O) groups excluding carboxylic acids is 1. The molecule has 1 aliphatic rings. The minimum atomic E-state index is -0.558. The third-order valence-electron chi connectivity index (χ3n) is 3.21. The minimum Gasteiger partial charge on any atom is -0.352 e. The first kappa shape index (κ1) is 12.1. The first-order valence-corrected chi connectivity index (χ1v) is 6.27. The molecular weight excluding hydrogens is 212 g/mol. The van der Waals surface area contributed by atoms with Crippen LogP contribution in [0.25, 0.3) is 0 Å². The Labute approximate surface area is 102 Å². The standard InChI is InChI=1S/C14H20N2O/c1-10(9-11-7-8-11)16-14(17)13(15)12-5-3-2-4-6-12/h2-6,10-11,13H,7-9,15H2,1H3,(H,16,17)/t10?,13-/m1/s1. The maximum absolute atomic E-state index is 11.9. The van der Waals surface area contributed by atoms with Gasteiger partial charge >= 0.3 is 0 Å². The zero-order valence-corrected chi connectivity index (χ0v) is 10.2. The second-order valence-corrected chi connectivity index (χ2v) is 4.98. The summed E-state index contributed by atoms with van der Waals surface area (Å²) in [7, 11) is 0. The van der Waals surface area contributed by atoms with E-state index in [1.165, 1.54) is 12.8 Å². The van der Waals surface area contributed by atoms with Gasteiger partial charge in [-0.25, -0.2) is 0 Å². The Balaban J connectivity index is 1.86. The van der Waals surface area contributed by atoms with Crippen molar-refractivity contribution in [3.05, 3.63) is 35.9 Å². The van der Waals surface area contributed by atoms with Gasteiger partial charge in [-0.3, -0.25) is 4.79 Å². The molecule has 17 heavy (non-hydrogen) atoms. The molecule has 92 valence electrons. The fourth-order valence-electron chi connectivity index (χ4n) is 2.06. The van der Waals surface area contributed by atoms with Crippen molar-refractivity contribution in [3.63, 3.8) is 0 Å². The predicted molar refractivity (Wildman–Crippen MR) is 68.3 cm³/mol. The van der Waals surface area contributed by atoms with Crippen molar-refractivity contribution in [2.24, 2.45) is 11.7 Å². The highest BCUT2D eigenvalue weighted by Crippen LogP contribution is 2.33. The number of rotatable bonds is 5.